The molecule has 1 aromatic carbocycles. The molecule has 0 saturated carbocycles. The first kappa shape index (κ1) is 11.6. The highest BCUT2D eigenvalue weighted by Crippen LogP contribution is 2.24. The van der Waals surface area contributed by atoms with Gasteiger partial charge in [0, 0.05) is 12.8 Å². The van der Waals surface area contributed by atoms with Crippen LogP contribution in [-0.2, 0) is 16.1 Å². The van der Waals surface area contributed by atoms with Gasteiger partial charge in [-0.1, -0.05) is 12.1 Å². The van der Waals surface area contributed by atoms with Crippen molar-refractivity contribution in [3.63, 3.8) is 0 Å². The van der Waals surface area contributed by atoms with Crippen LogP contribution in [0.15, 0.2) is 12.1 Å². The van der Waals surface area contributed by atoms with Crippen LogP contribution in [0.4, 0.5) is 0 Å². The van der Waals surface area contributed by atoms with Crippen molar-refractivity contribution in [2.75, 3.05) is 0 Å². The van der Waals surface area contributed by atoms with Gasteiger partial charge >= 0.3 is 0 Å². The Hall–Kier alpha value is -1.84. The van der Waals surface area contributed by atoms with Crippen LogP contribution in [0, 0.1) is 13.8 Å². The van der Waals surface area contributed by atoms with Gasteiger partial charge in [-0.05, 0) is 30.5 Å². The lowest BCUT2D eigenvalue weighted by Crippen LogP contribution is -2.28. The van der Waals surface area contributed by atoms with E-state index in [4.69, 9.17) is 0 Å². The minimum atomic E-state index is -0.113. The maximum absolute atomic E-state index is 11.5. The average Bonchev–Trinajstić information content (AvgIpc) is 2.57. The van der Waals surface area contributed by atoms with Gasteiger partial charge in [-0.2, -0.15) is 0 Å². The molecule has 1 aliphatic heterocycles. The summed E-state index contributed by atoms with van der Waals surface area (Å²) in [7, 11) is 0. The van der Waals surface area contributed by atoms with Crippen LogP contribution in [0.1, 0.15) is 29.5 Å². The predicted molar refractivity (Wildman–Crippen MR) is 62.4 cm³/mol. The Bertz CT molecular complexity index is 454. The third kappa shape index (κ3) is 2.16. The van der Waals surface area contributed by atoms with E-state index in [1.807, 2.05) is 0 Å². The molecule has 0 bridgehead atoms. The Balaban J connectivity index is 2.25. The van der Waals surface area contributed by atoms with Gasteiger partial charge in [0.2, 0.25) is 11.8 Å². The number of amides is 2. The number of carbonyl (C=O) groups is 2. The van der Waals surface area contributed by atoms with E-state index in [0.717, 1.165) is 16.7 Å². The first-order valence-corrected chi connectivity index (χ1v) is 5.61. The normalized spacial score (nSPS) is 15.8. The van der Waals surface area contributed by atoms with Gasteiger partial charge in [0.15, 0.2) is 0 Å². The van der Waals surface area contributed by atoms with Crippen molar-refractivity contribution in [1.29, 1.82) is 0 Å². The second-order valence-corrected chi connectivity index (χ2v) is 4.45. The quantitative estimate of drug-likeness (QED) is 0.790. The number of hydrogen-bond donors (Lipinski definition) is 1. The third-order valence-electron chi connectivity index (χ3n) is 3.05. The Morgan fingerprint density at radius 1 is 1.12 bits per heavy atom. The van der Waals surface area contributed by atoms with Crippen molar-refractivity contribution in [2.24, 2.45) is 0 Å². The Kier molecular flexibility index (Phi) is 2.88. The fraction of sp³-hybridized carbons (Fsp3) is 0.385. The van der Waals surface area contributed by atoms with Gasteiger partial charge in [0.25, 0.3) is 0 Å². The largest absolute Gasteiger partial charge is 0.507 e. The van der Waals surface area contributed by atoms with Gasteiger partial charge in [-0.25, -0.2) is 0 Å². The number of nitrogens with zero attached hydrogens (tertiary/aromatic N) is 1. The Labute approximate surface area is 99.9 Å². The first-order valence-electron chi connectivity index (χ1n) is 5.61. The number of likely N-dealkylation sites (tertiary alicyclic amines) is 1. The predicted octanol–water partition coefficient (Wildman–Crippen LogP) is 1.66. The molecule has 0 aromatic heterocycles. The van der Waals surface area contributed by atoms with Gasteiger partial charge in [0.1, 0.15) is 5.75 Å². The van der Waals surface area contributed by atoms with Gasteiger partial charge in [-0.15, -0.1) is 0 Å². The molecule has 0 radical (unpaired) electrons. The molecular weight excluding hydrogens is 218 g/mol. The molecule has 17 heavy (non-hydrogen) atoms. The fourth-order valence-electron chi connectivity index (χ4n) is 2.12. The zero-order valence-electron chi connectivity index (χ0n) is 9.99. The molecule has 1 aliphatic rings. The summed E-state index contributed by atoms with van der Waals surface area (Å²) < 4.78 is 0. The fourth-order valence-corrected chi connectivity index (χ4v) is 2.12. The smallest absolute Gasteiger partial charge is 0.229 e. The van der Waals surface area contributed by atoms with Crippen molar-refractivity contribution in [1.82, 2.24) is 4.90 Å². The summed E-state index contributed by atoms with van der Waals surface area (Å²) in [6.45, 7) is 3.92. The van der Waals surface area contributed by atoms with E-state index in [1.54, 1.807) is 26.0 Å². The number of aromatic hydroxyl groups is 1. The summed E-state index contributed by atoms with van der Waals surface area (Å²) in [5, 5.41) is 9.65. The van der Waals surface area contributed by atoms with Gasteiger partial charge in [0.05, 0.1) is 6.54 Å². The van der Waals surface area contributed by atoms with Crippen molar-refractivity contribution in [3.8, 4) is 5.75 Å². The van der Waals surface area contributed by atoms with Crippen molar-refractivity contribution < 1.29 is 14.7 Å². The number of imide groups is 1. The molecular formula is C13H15NO3. The summed E-state index contributed by atoms with van der Waals surface area (Å²) in [6, 6.07) is 3.61. The van der Waals surface area contributed by atoms with Crippen LogP contribution >= 0.6 is 0 Å². The SMILES string of the molecule is Cc1cc(CN2C(=O)CCC2=O)cc(C)c1O. The first-order chi connectivity index (χ1) is 7.99. The molecule has 0 atom stereocenters. The second-order valence-electron chi connectivity index (χ2n) is 4.45. The summed E-state index contributed by atoms with van der Waals surface area (Å²) in [5.74, 6) is 0.0459. The highest BCUT2D eigenvalue weighted by atomic mass is 16.3. The minimum absolute atomic E-state index is 0.113. The number of hydrogen-bond acceptors (Lipinski definition) is 3. The second kappa shape index (κ2) is 4.20. The lowest BCUT2D eigenvalue weighted by molar-refractivity contribution is -0.139. The summed E-state index contributed by atoms with van der Waals surface area (Å²) in [4.78, 5) is 24.2. The van der Waals surface area contributed by atoms with Gasteiger partial charge < -0.3 is 5.11 Å². The molecule has 0 unspecified atom stereocenters. The van der Waals surface area contributed by atoms with Crippen LogP contribution < -0.4 is 0 Å². The average molecular weight is 233 g/mol. The molecule has 0 aliphatic carbocycles. The van der Waals surface area contributed by atoms with E-state index in [1.165, 1.54) is 4.90 Å². The minimum Gasteiger partial charge on any atom is -0.507 e. The highest BCUT2D eigenvalue weighted by molar-refractivity contribution is 6.01. The van der Waals surface area contributed by atoms with Crippen LogP contribution in [0.25, 0.3) is 0 Å². The van der Waals surface area contributed by atoms with E-state index in [9.17, 15) is 14.7 Å². The molecule has 1 aromatic rings. The number of rotatable bonds is 2. The molecule has 4 nitrogen and oxygen atoms in total. The van der Waals surface area contributed by atoms with E-state index in [0.29, 0.717) is 19.4 Å². The highest BCUT2D eigenvalue weighted by Gasteiger charge is 2.28. The lowest BCUT2D eigenvalue weighted by atomic mass is 10.1. The monoisotopic (exact) mass is 233 g/mol. The molecule has 2 rings (SSSR count). The Morgan fingerprint density at radius 2 is 1.59 bits per heavy atom. The number of carbonyl (C=O) groups excluding carboxylic acids is 2. The van der Waals surface area contributed by atoms with Crippen molar-refractivity contribution in [3.05, 3.63) is 28.8 Å². The molecule has 1 fully saturated rings. The standard InChI is InChI=1S/C13H15NO3/c1-8-5-10(6-9(2)13(8)17)7-14-11(15)3-4-12(14)16/h5-6,17H,3-4,7H2,1-2H3. The molecule has 90 valence electrons. The van der Waals surface area contributed by atoms with E-state index in [2.05, 4.69) is 0 Å². The topological polar surface area (TPSA) is 57.6 Å². The Morgan fingerprint density at radius 3 is 2.06 bits per heavy atom. The molecule has 0 spiro atoms. The maximum Gasteiger partial charge on any atom is 0.229 e. The maximum atomic E-state index is 11.5. The lowest BCUT2D eigenvalue weighted by Gasteiger charge is -2.15. The summed E-state index contributed by atoms with van der Waals surface area (Å²) in [6.07, 6.45) is 0.629. The molecule has 4 heteroatoms. The van der Waals surface area contributed by atoms with Gasteiger partial charge in [-0.3, -0.25) is 14.5 Å². The number of phenolic OH excluding ortho intramolecular Hbond substituents is 1. The number of aryl methyl sites for hydroxylation is 2. The van der Waals surface area contributed by atoms with E-state index < -0.39 is 0 Å². The zero-order chi connectivity index (χ0) is 12.6. The number of benzene rings is 1. The van der Waals surface area contributed by atoms with E-state index in [-0.39, 0.29) is 17.6 Å². The molecule has 1 heterocycles. The molecule has 1 saturated heterocycles. The summed E-state index contributed by atoms with van der Waals surface area (Å²) in [5.41, 5.74) is 2.40. The molecule has 2 amide bonds. The number of phenols is 1. The molecule has 1 N–H and O–H groups in total. The van der Waals surface area contributed by atoms with E-state index >= 15 is 0 Å². The van der Waals surface area contributed by atoms with Crippen LogP contribution in [-0.4, -0.2) is 21.8 Å². The van der Waals surface area contributed by atoms with Crippen molar-refractivity contribution in [2.45, 2.75) is 33.2 Å². The van der Waals surface area contributed by atoms with Crippen LogP contribution in [0.2, 0.25) is 0 Å². The summed E-state index contributed by atoms with van der Waals surface area (Å²) >= 11 is 0. The van der Waals surface area contributed by atoms with Crippen molar-refractivity contribution >= 4 is 11.8 Å². The van der Waals surface area contributed by atoms with Crippen LogP contribution in [0.3, 0.4) is 0 Å². The third-order valence-corrected chi connectivity index (χ3v) is 3.05. The van der Waals surface area contributed by atoms with Crippen LogP contribution in [0.5, 0.6) is 5.75 Å². The zero-order valence-corrected chi connectivity index (χ0v) is 9.99.